The Bertz CT molecular complexity index is 766. The number of hydrogen-bond acceptors (Lipinski definition) is 3. The van der Waals surface area contributed by atoms with Crippen LogP contribution in [0.2, 0.25) is 5.02 Å². The van der Waals surface area contributed by atoms with Crippen LogP contribution < -0.4 is 11.3 Å². The summed E-state index contributed by atoms with van der Waals surface area (Å²) in [7, 11) is 1.95. The number of para-hydroxylation sites is 1. The molecule has 0 amide bonds. The standard InChI is InChI=1S/C16H17ClN4/c1-21-16-8-3-2-7-13(16)15(20-21)10-14(19-18)11-5-4-6-12(17)9-11/h2-9,14,19H,10,18H2,1H3. The maximum absolute atomic E-state index is 6.06. The zero-order valence-electron chi connectivity index (χ0n) is 11.8. The number of aromatic nitrogens is 2. The lowest BCUT2D eigenvalue weighted by Gasteiger charge is -2.15. The Morgan fingerprint density at radius 3 is 2.81 bits per heavy atom. The van der Waals surface area contributed by atoms with Crippen molar-refractivity contribution in [1.82, 2.24) is 15.2 Å². The van der Waals surface area contributed by atoms with Gasteiger partial charge in [0, 0.05) is 23.9 Å². The molecule has 108 valence electrons. The van der Waals surface area contributed by atoms with Crippen molar-refractivity contribution in [3.8, 4) is 0 Å². The minimum Gasteiger partial charge on any atom is -0.271 e. The number of rotatable bonds is 4. The molecule has 0 aliphatic carbocycles. The second-order valence-corrected chi connectivity index (χ2v) is 5.50. The summed E-state index contributed by atoms with van der Waals surface area (Å²) in [6, 6.07) is 15.9. The molecule has 21 heavy (non-hydrogen) atoms. The van der Waals surface area contributed by atoms with Crippen LogP contribution in [-0.4, -0.2) is 9.78 Å². The molecule has 0 radical (unpaired) electrons. The van der Waals surface area contributed by atoms with E-state index < -0.39 is 0 Å². The van der Waals surface area contributed by atoms with E-state index in [0.717, 1.165) is 22.2 Å². The Morgan fingerprint density at radius 2 is 2.05 bits per heavy atom. The smallest absolute Gasteiger partial charge is 0.0722 e. The lowest BCUT2D eigenvalue weighted by molar-refractivity contribution is 0.543. The molecule has 0 saturated heterocycles. The molecule has 2 aromatic carbocycles. The first-order chi connectivity index (χ1) is 10.2. The maximum atomic E-state index is 6.06. The number of nitrogens with one attached hydrogen (secondary N) is 1. The van der Waals surface area contributed by atoms with Gasteiger partial charge in [0.1, 0.15) is 0 Å². The zero-order valence-corrected chi connectivity index (χ0v) is 12.5. The molecule has 4 nitrogen and oxygen atoms in total. The van der Waals surface area contributed by atoms with Crippen molar-refractivity contribution in [3.05, 3.63) is 64.8 Å². The molecule has 0 fully saturated rings. The maximum Gasteiger partial charge on any atom is 0.0722 e. The molecule has 0 bridgehead atoms. The summed E-state index contributed by atoms with van der Waals surface area (Å²) in [5, 5.41) is 6.48. The van der Waals surface area contributed by atoms with Crippen molar-refractivity contribution in [2.75, 3.05) is 0 Å². The van der Waals surface area contributed by atoms with Gasteiger partial charge in [0.05, 0.1) is 17.3 Å². The fourth-order valence-corrected chi connectivity index (χ4v) is 2.83. The van der Waals surface area contributed by atoms with Crippen LogP contribution in [-0.2, 0) is 13.5 Å². The molecule has 5 heteroatoms. The van der Waals surface area contributed by atoms with Crippen LogP contribution in [0.5, 0.6) is 0 Å². The highest BCUT2D eigenvalue weighted by atomic mass is 35.5. The van der Waals surface area contributed by atoms with Gasteiger partial charge in [-0.3, -0.25) is 16.0 Å². The molecule has 1 aromatic heterocycles. The summed E-state index contributed by atoms with van der Waals surface area (Å²) >= 11 is 6.06. The fourth-order valence-electron chi connectivity index (χ4n) is 2.63. The molecule has 1 unspecified atom stereocenters. The van der Waals surface area contributed by atoms with E-state index in [-0.39, 0.29) is 6.04 Å². The molecule has 0 aliphatic rings. The van der Waals surface area contributed by atoms with Crippen molar-refractivity contribution < 1.29 is 0 Å². The molecular formula is C16H17ClN4. The minimum absolute atomic E-state index is 0.0259. The molecule has 3 N–H and O–H groups in total. The monoisotopic (exact) mass is 300 g/mol. The summed E-state index contributed by atoms with van der Waals surface area (Å²) in [5.41, 5.74) is 6.06. The Balaban J connectivity index is 1.96. The van der Waals surface area contributed by atoms with E-state index in [2.05, 4.69) is 22.7 Å². The van der Waals surface area contributed by atoms with E-state index in [1.165, 1.54) is 0 Å². The van der Waals surface area contributed by atoms with Crippen molar-refractivity contribution in [1.29, 1.82) is 0 Å². The molecule has 0 spiro atoms. The number of hydrogen-bond donors (Lipinski definition) is 2. The first kappa shape index (κ1) is 14.1. The van der Waals surface area contributed by atoms with Crippen LogP contribution in [0.3, 0.4) is 0 Å². The summed E-state index contributed by atoms with van der Waals surface area (Å²) in [6.45, 7) is 0. The van der Waals surface area contributed by atoms with Crippen molar-refractivity contribution >= 4 is 22.5 Å². The molecule has 3 rings (SSSR count). The third-order valence-electron chi connectivity index (χ3n) is 3.68. The van der Waals surface area contributed by atoms with Gasteiger partial charge < -0.3 is 0 Å². The first-order valence-electron chi connectivity index (χ1n) is 6.81. The van der Waals surface area contributed by atoms with E-state index in [1.54, 1.807) is 0 Å². The lowest BCUT2D eigenvalue weighted by Crippen LogP contribution is -2.29. The second kappa shape index (κ2) is 5.85. The molecule has 1 atom stereocenters. The van der Waals surface area contributed by atoms with Gasteiger partial charge in [-0.2, -0.15) is 5.10 Å². The summed E-state index contributed by atoms with van der Waals surface area (Å²) in [4.78, 5) is 0. The highest BCUT2D eigenvalue weighted by molar-refractivity contribution is 6.30. The van der Waals surface area contributed by atoms with Crippen LogP contribution in [0.15, 0.2) is 48.5 Å². The normalized spacial score (nSPS) is 12.7. The van der Waals surface area contributed by atoms with Gasteiger partial charge in [0.2, 0.25) is 0 Å². The van der Waals surface area contributed by atoms with Gasteiger partial charge >= 0.3 is 0 Å². The molecule has 0 aliphatic heterocycles. The van der Waals surface area contributed by atoms with E-state index in [9.17, 15) is 0 Å². The predicted octanol–water partition coefficient (Wildman–Crippen LogP) is 2.97. The van der Waals surface area contributed by atoms with Gasteiger partial charge in [0.25, 0.3) is 0 Å². The predicted molar refractivity (Wildman–Crippen MR) is 85.9 cm³/mol. The van der Waals surface area contributed by atoms with Gasteiger partial charge in [-0.15, -0.1) is 0 Å². The van der Waals surface area contributed by atoms with Crippen LogP contribution in [0, 0.1) is 0 Å². The van der Waals surface area contributed by atoms with Gasteiger partial charge in [-0.25, -0.2) is 0 Å². The number of aryl methyl sites for hydroxylation is 1. The van der Waals surface area contributed by atoms with E-state index in [0.29, 0.717) is 11.4 Å². The quantitative estimate of drug-likeness (QED) is 0.575. The minimum atomic E-state index is -0.0259. The Hall–Kier alpha value is -1.88. The van der Waals surface area contributed by atoms with Gasteiger partial charge in [-0.05, 0) is 23.8 Å². The lowest BCUT2D eigenvalue weighted by atomic mass is 10.0. The largest absolute Gasteiger partial charge is 0.271 e. The van der Waals surface area contributed by atoms with E-state index in [1.807, 2.05) is 48.1 Å². The van der Waals surface area contributed by atoms with Crippen LogP contribution >= 0.6 is 11.6 Å². The zero-order chi connectivity index (χ0) is 14.8. The second-order valence-electron chi connectivity index (χ2n) is 5.07. The van der Waals surface area contributed by atoms with Gasteiger partial charge in [-0.1, -0.05) is 41.9 Å². The molecular weight excluding hydrogens is 284 g/mol. The number of nitrogens with two attached hydrogens (primary N) is 1. The molecule has 3 aromatic rings. The van der Waals surface area contributed by atoms with Crippen LogP contribution in [0.4, 0.5) is 0 Å². The average molecular weight is 301 g/mol. The molecule has 0 saturated carbocycles. The Kier molecular flexibility index (Phi) is 3.92. The third-order valence-corrected chi connectivity index (χ3v) is 3.92. The van der Waals surface area contributed by atoms with Gasteiger partial charge in [0.15, 0.2) is 0 Å². The highest BCUT2D eigenvalue weighted by Crippen LogP contribution is 2.24. The number of nitrogens with zero attached hydrogens (tertiary/aromatic N) is 2. The number of fused-ring (bicyclic) bond motifs is 1. The highest BCUT2D eigenvalue weighted by Gasteiger charge is 2.15. The van der Waals surface area contributed by atoms with Crippen molar-refractivity contribution in [3.63, 3.8) is 0 Å². The summed E-state index contributed by atoms with van der Waals surface area (Å²) < 4.78 is 1.90. The first-order valence-corrected chi connectivity index (χ1v) is 7.19. The van der Waals surface area contributed by atoms with Crippen molar-refractivity contribution in [2.45, 2.75) is 12.5 Å². The van der Waals surface area contributed by atoms with E-state index in [4.69, 9.17) is 17.4 Å². The Morgan fingerprint density at radius 1 is 1.24 bits per heavy atom. The fraction of sp³-hybridized carbons (Fsp3) is 0.188. The van der Waals surface area contributed by atoms with Crippen LogP contribution in [0.25, 0.3) is 10.9 Å². The summed E-state index contributed by atoms with van der Waals surface area (Å²) in [6.07, 6.45) is 0.707. The summed E-state index contributed by atoms with van der Waals surface area (Å²) in [5.74, 6) is 5.73. The van der Waals surface area contributed by atoms with Crippen LogP contribution in [0.1, 0.15) is 17.3 Å². The van der Waals surface area contributed by atoms with E-state index >= 15 is 0 Å². The SMILES string of the molecule is Cn1nc(CC(NN)c2cccc(Cl)c2)c2ccccc21. The number of halogens is 1. The average Bonchev–Trinajstić information content (AvgIpc) is 2.82. The number of benzene rings is 2. The number of hydrazine groups is 1. The van der Waals surface area contributed by atoms with Crippen molar-refractivity contribution in [2.24, 2.45) is 12.9 Å². The third kappa shape index (κ3) is 2.78. The molecule has 1 heterocycles. The Labute approximate surface area is 128 Å². The topological polar surface area (TPSA) is 55.9 Å².